The zero-order valence-corrected chi connectivity index (χ0v) is 10.5. The normalized spacial score (nSPS) is 10.5. The van der Waals surface area contributed by atoms with E-state index >= 15 is 0 Å². The fraction of sp³-hybridized carbons (Fsp3) is 0.250. The van der Waals surface area contributed by atoms with Crippen LogP contribution in [0.5, 0.6) is 0 Å². The van der Waals surface area contributed by atoms with Crippen LogP contribution >= 0.6 is 0 Å². The summed E-state index contributed by atoms with van der Waals surface area (Å²) in [4.78, 5) is 0. The first-order chi connectivity index (χ1) is 8.15. The van der Waals surface area contributed by atoms with E-state index in [1.807, 2.05) is 12.1 Å². The smallest absolute Gasteiger partial charge is 0.0314 e. The maximum absolute atomic E-state index is 5.67. The quantitative estimate of drug-likeness (QED) is 0.792. The Hall–Kier alpha value is -1.76. The number of nitrogen functional groups attached to an aromatic ring is 1. The number of anilines is 1. The molecule has 2 aromatic rings. The molecule has 0 spiro atoms. The van der Waals surface area contributed by atoms with Crippen molar-refractivity contribution in [2.75, 3.05) is 5.73 Å². The van der Waals surface area contributed by atoms with E-state index in [1.54, 1.807) is 0 Å². The third-order valence-electron chi connectivity index (χ3n) is 3.25. The van der Waals surface area contributed by atoms with Gasteiger partial charge in [-0.3, -0.25) is 0 Å². The van der Waals surface area contributed by atoms with Crippen molar-refractivity contribution in [1.29, 1.82) is 0 Å². The molecule has 0 saturated carbocycles. The van der Waals surface area contributed by atoms with Gasteiger partial charge in [0.1, 0.15) is 0 Å². The third kappa shape index (κ3) is 3.10. The highest BCUT2D eigenvalue weighted by Gasteiger charge is 1.98. The molecule has 0 fully saturated rings. The van der Waals surface area contributed by atoms with Gasteiger partial charge in [-0.1, -0.05) is 30.3 Å². The summed E-state index contributed by atoms with van der Waals surface area (Å²) >= 11 is 0. The molecule has 0 heterocycles. The minimum Gasteiger partial charge on any atom is -0.399 e. The summed E-state index contributed by atoms with van der Waals surface area (Å²) < 4.78 is 0. The molecule has 0 atom stereocenters. The van der Waals surface area contributed by atoms with Crippen molar-refractivity contribution >= 4 is 5.69 Å². The molecule has 0 saturated heterocycles. The van der Waals surface area contributed by atoms with Crippen LogP contribution < -0.4 is 5.73 Å². The Morgan fingerprint density at radius 2 is 1.35 bits per heavy atom. The Bertz CT molecular complexity index is 497. The van der Waals surface area contributed by atoms with Crippen LogP contribution in [0.15, 0.2) is 42.5 Å². The molecular weight excluding hydrogens is 206 g/mol. The highest BCUT2D eigenvalue weighted by atomic mass is 14.5. The van der Waals surface area contributed by atoms with Crippen LogP contribution in [0.1, 0.15) is 22.3 Å². The van der Waals surface area contributed by atoms with Gasteiger partial charge in [-0.25, -0.2) is 0 Å². The van der Waals surface area contributed by atoms with Crippen molar-refractivity contribution in [3.8, 4) is 0 Å². The second-order valence-electron chi connectivity index (χ2n) is 4.66. The van der Waals surface area contributed by atoms with Gasteiger partial charge in [0, 0.05) is 5.69 Å². The van der Waals surface area contributed by atoms with E-state index in [2.05, 4.69) is 44.2 Å². The molecule has 88 valence electrons. The molecule has 2 rings (SSSR count). The van der Waals surface area contributed by atoms with Gasteiger partial charge in [0.05, 0.1) is 0 Å². The highest BCUT2D eigenvalue weighted by Crippen LogP contribution is 2.13. The van der Waals surface area contributed by atoms with Crippen LogP contribution in [0, 0.1) is 13.8 Å². The monoisotopic (exact) mass is 225 g/mol. The predicted octanol–water partition coefficient (Wildman–Crippen LogP) is 3.67. The van der Waals surface area contributed by atoms with Crippen molar-refractivity contribution in [2.45, 2.75) is 26.7 Å². The lowest BCUT2D eigenvalue weighted by Crippen LogP contribution is -1.93. The van der Waals surface area contributed by atoms with Crippen molar-refractivity contribution < 1.29 is 0 Å². The van der Waals surface area contributed by atoms with Crippen LogP contribution in [0.25, 0.3) is 0 Å². The Kier molecular flexibility index (Phi) is 3.48. The summed E-state index contributed by atoms with van der Waals surface area (Å²) in [6.07, 6.45) is 2.16. The van der Waals surface area contributed by atoms with E-state index in [0.29, 0.717) is 0 Å². The number of hydrogen-bond acceptors (Lipinski definition) is 1. The number of aryl methyl sites for hydroxylation is 4. The van der Waals surface area contributed by atoms with Gasteiger partial charge in [0.25, 0.3) is 0 Å². The fourth-order valence-electron chi connectivity index (χ4n) is 1.93. The Labute approximate surface area is 103 Å². The average Bonchev–Trinajstić information content (AvgIpc) is 2.33. The number of hydrogen-bond donors (Lipinski definition) is 1. The van der Waals surface area contributed by atoms with Crippen LogP contribution in [-0.2, 0) is 12.8 Å². The largest absolute Gasteiger partial charge is 0.399 e. The fourth-order valence-corrected chi connectivity index (χ4v) is 1.93. The van der Waals surface area contributed by atoms with Crippen molar-refractivity contribution in [3.63, 3.8) is 0 Å². The van der Waals surface area contributed by atoms with E-state index in [0.717, 1.165) is 18.5 Å². The van der Waals surface area contributed by atoms with Gasteiger partial charge < -0.3 is 5.73 Å². The highest BCUT2D eigenvalue weighted by molar-refractivity contribution is 5.39. The molecule has 0 aliphatic heterocycles. The summed E-state index contributed by atoms with van der Waals surface area (Å²) in [7, 11) is 0. The Morgan fingerprint density at radius 3 is 2.00 bits per heavy atom. The van der Waals surface area contributed by atoms with Gasteiger partial charge in [0.15, 0.2) is 0 Å². The zero-order valence-electron chi connectivity index (χ0n) is 10.5. The van der Waals surface area contributed by atoms with Crippen molar-refractivity contribution in [2.24, 2.45) is 0 Å². The summed E-state index contributed by atoms with van der Waals surface area (Å²) in [5.41, 5.74) is 12.0. The van der Waals surface area contributed by atoms with E-state index in [9.17, 15) is 0 Å². The molecule has 0 aliphatic rings. The Morgan fingerprint density at radius 1 is 0.765 bits per heavy atom. The van der Waals surface area contributed by atoms with Gasteiger partial charge in [-0.2, -0.15) is 0 Å². The van der Waals surface area contributed by atoms with Crippen LogP contribution in [0.4, 0.5) is 5.69 Å². The minimum atomic E-state index is 0.833. The van der Waals surface area contributed by atoms with Gasteiger partial charge in [-0.15, -0.1) is 0 Å². The molecule has 0 bridgehead atoms. The summed E-state index contributed by atoms with van der Waals surface area (Å²) in [6.45, 7) is 4.32. The first kappa shape index (κ1) is 11.7. The van der Waals surface area contributed by atoms with E-state index in [-0.39, 0.29) is 0 Å². The molecule has 0 aliphatic carbocycles. The van der Waals surface area contributed by atoms with E-state index in [1.165, 1.54) is 22.3 Å². The van der Waals surface area contributed by atoms with Gasteiger partial charge in [0.2, 0.25) is 0 Å². The molecule has 0 unspecified atom stereocenters. The molecule has 17 heavy (non-hydrogen) atoms. The van der Waals surface area contributed by atoms with Crippen LogP contribution in [0.2, 0.25) is 0 Å². The number of nitrogens with two attached hydrogens (primary N) is 1. The molecule has 2 aromatic carbocycles. The molecule has 1 nitrogen and oxygen atoms in total. The second kappa shape index (κ2) is 5.05. The zero-order chi connectivity index (χ0) is 12.3. The van der Waals surface area contributed by atoms with E-state index < -0.39 is 0 Å². The molecule has 1 heteroatoms. The summed E-state index contributed by atoms with van der Waals surface area (Å²) in [6, 6.07) is 14.9. The van der Waals surface area contributed by atoms with Crippen LogP contribution in [0.3, 0.4) is 0 Å². The van der Waals surface area contributed by atoms with Gasteiger partial charge in [-0.05, 0) is 61.1 Å². The van der Waals surface area contributed by atoms with Gasteiger partial charge >= 0.3 is 0 Å². The predicted molar refractivity (Wildman–Crippen MR) is 74.2 cm³/mol. The lowest BCUT2D eigenvalue weighted by atomic mass is 10.0. The molecular formula is C16H19N. The molecule has 0 radical (unpaired) electrons. The average molecular weight is 225 g/mol. The van der Waals surface area contributed by atoms with Crippen molar-refractivity contribution in [3.05, 3.63) is 64.7 Å². The van der Waals surface area contributed by atoms with Crippen LogP contribution in [-0.4, -0.2) is 0 Å². The molecule has 0 aromatic heterocycles. The summed E-state index contributed by atoms with van der Waals surface area (Å²) in [5, 5.41) is 0. The standard InChI is InChI=1S/C16H19N/c1-12-3-4-15(11-13(12)2)6-5-14-7-9-16(17)10-8-14/h3-4,7-11H,5-6,17H2,1-2H3. The van der Waals surface area contributed by atoms with E-state index in [4.69, 9.17) is 5.73 Å². The maximum Gasteiger partial charge on any atom is 0.0314 e. The SMILES string of the molecule is Cc1ccc(CCc2ccc(N)cc2)cc1C. The first-order valence-electron chi connectivity index (χ1n) is 6.06. The summed E-state index contributed by atoms with van der Waals surface area (Å²) in [5.74, 6) is 0. The Balaban J connectivity index is 2.02. The topological polar surface area (TPSA) is 26.0 Å². The third-order valence-corrected chi connectivity index (χ3v) is 3.25. The number of rotatable bonds is 3. The second-order valence-corrected chi connectivity index (χ2v) is 4.66. The lowest BCUT2D eigenvalue weighted by Gasteiger charge is -2.06. The first-order valence-corrected chi connectivity index (χ1v) is 6.06. The van der Waals surface area contributed by atoms with Crippen molar-refractivity contribution in [1.82, 2.24) is 0 Å². The number of benzene rings is 2. The molecule has 0 amide bonds. The minimum absolute atomic E-state index is 0.833. The lowest BCUT2D eigenvalue weighted by molar-refractivity contribution is 0.957. The molecule has 2 N–H and O–H groups in total. The maximum atomic E-state index is 5.67.